The van der Waals surface area contributed by atoms with Crippen molar-refractivity contribution in [2.45, 2.75) is 57.8 Å². The summed E-state index contributed by atoms with van der Waals surface area (Å²) in [6, 6.07) is 20.9. The molecule has 34 heavy (non-hydrogen) atoms. The highest BCUT2D eigenvalue weighted by molar-refractivity contribution is 6.01. The van der Waals surface area contributed by atoms with Crippen LogP contribution in [0.2, 0.25) is 0 Å². The number of oxime groups is 1. The molecular formula is C29H32N2O3. The molecule has 1 fully saturated rings. The van der Waals surface area contributed by atoms with E-state index in [4.69, 9.17) is 0 Å². The first kappa shape index (κ1) is 23.7. The number of carbonyl (C=O) groups is 1. The fourth-order valence-corrected chi connectivity index (χ4v) is 5.19. The third-order valence-electron chi connectivity index (χ3n) is 7.20. The minimum absolute atomic E-state index is 0.0392. The SMILES string of the molecule is Cc1cc(/C(C[C@H](c2ccc([C@H]3CC[C@H](C(=O)O)CC3)cc2)c2ccccc2C)=N/O)ccn1. The maximum atomic E-state index is 11.3. The van der Waals surface area contributed by atoms with Crippen LogP contribution in [0.25, 0.3) is 0 Å². The van der Waals surface area contributed by atoms with Gasteiger partial charge in [-0.25, -0.2) is 0 Å². The number of carboxylic acid groups (broad SMARTS) is 1. The van der Waals surface area contributed by atoms with Gasteiger partial charge in [0.05, 0.1) is 11.6 Å². The normalized spacial score (nSPS) is 19.5. The van der Waals surface area contributed by atoms with Gasteiger partial charge in [0, 0.05) is 29.8 Å². The lowest BCUT2D eigenvalue weighted by atomic mass is 9.78. The molecule has 1 atom stereocenters. The lowest BCUT2D eigenvalue weighted by Crippen LogP contribution is -2.20. The van der Waals surface area contributed by atoms with E-state index in [1.54, 1.807) is 6.20 Å². The highest BCUT2D eigenvalue weighted by Gasteiger charge is 2.27. The maximum Gasteiger partial charge on any atom is 0.306 e. The zero-order valence-electron chi connectivity index (χ0n) is 19.8. The van der Waals surface area contributed by atoms with Crippen LogP contribution in [0.4, 0.5) is 0 Å². The largest absolute Gasteiger partial charge is 0.481 e. The van der Waals surface area contributed by atoms with Crippen molar-refractivity contribution in [1.82, 2.24) is 4.98 Å². The molecule has 0 spiro atoms. The monoisotopic (exact) mass is 456 g/mol. The van der Waals surface area contributed by atoms with E-state index < -0.39 is 5.97 Å². The molecule has 0 saturated heterocycles. The first-order chi connectivity index (χ1) is 16.5. The number of aryl methyl sites for hydroxylation is 2. The second kappa shape index (κ2) is 10.6. The Kier molecular flexibility index (Phi) is 7.41. The van der Waals surface area contributed by atoms with Gasteiger partial charge in [-0.05, 0) is 79.8 Å². The van der Waals surface area contributed by atoms with E-state index in [1.165, 1.54) is 22.3 Å². The fourth-order valence-electron chi connectivity index (χ4n) is 5.19. The van der Waals surface area contributed by atoms with Crippen LogP contribution in [0.1, 0.15) is 77.5 Å². The van der Waals surface area contributed by atoms with Gasteiger partial charge in [-0.1, -0.05) is 53.7 Å². The average molecular weight is 457 g/mol. The lowest BCUT2D eigenvalue weighted by molar-refractivity contribution is -0.142. The number of benzene rings is 2. The van der Waals surface area contributed by atoms with Gasteiger partial charge >= 0.3 is 5.97 Å². The van der Waals surface area contributed by atoms with Gasteiger partial charge in [0.15, 0.2) is 0 Å². The molecule has 5 heteroatoms. The summed E-state index contributed by atoms with van der Waals surface area (Å²) in [4.78, 5) is 15.5. The molecule has 5 nitrogen and oxygen atoms in total. The van der Waals surface area contributed by atoms with Gasteiger partial charge in [0.1, 0.15) is 0 Å². The second-order valence-corrected chi connectivity index (χ2v) is 9.40. The first-order valence-electron chi connectivity index (χ1n) is 12.0. The highest BCUT2D eigenvalue weighted by atomic mass is 16.4. The molecule has 4 rings (SSSR count). The summed E-state index contributed by atoms with van der Waals surface area (Å²) in [7, 11) is 0. The van der Waals surface area contributed by atoms with Crippen molar-refractivity contribution >= 4 is 11.7 Å². The molecule has 0 radical (unpaired) electrons. The number of hydrogen-bond donors (Lipinski definition) is 2. The summed E-state index contributed by atoms with van der Waals surface area (Å²) in [5, 5.41) is 22.8. The van der Waals surface area contributed by atoms with Crippen LogP contribution >= 0.6 is 0 Å². The van der Waals surface area contributed by atoms with Gasteiger partial charge < -0.3 is 10.3 Å². The molecule has 1 aliphatic rings. The van der Waals surface area contributed by atoms with Crippen LogP contribution < -0.4 is 0 Å². The quantitative estimate of drug-likeness (QED) is 0.243. The van der Waals surface area contributed by atoms with E-state index in [0.29, 0.717) is 18.1 Å². The molecule has 2 aromatic carbocycles. The third kappa shape index (κ3) is 5.36. The van der Waals surface area contributed by atoms with Crippen molar-refractivity contribution < 1.29 is 15.1 Å². The minimum atomic E-state index is -0.666. The van der Waals surface area contributed by atoms with Gasteiger partial charge in [-0.15, -0.1) is 0 Å². The predicted molar refractivity (Wildman–Crippen MR) is 134 cm³/mol. The van der Waals surface area contributed by atoms with Crippen molar-refractivity contribution in [3.8, 4) is 0 Å². The Labute approximate surface area is 201 Å². The molecule has 0 unspecified atom stereocenters. The average Bonchev–Trinajstić information content (AvgIpc) is 2.86. The van der Waals surface area contributed by atoms with Crippen LogP contribution in [0.15, 0.2) is 72.0 Å². The van der Waals surface area contributed by atoms with E-state index >= 15 is 0 Å². The third-order valence-corrected chi connectivity index (χ3v) is 7.20. The van der Waals surface area contributed by atoms with Crippen molar-refractivity contribution in [3.63, 3.8) is 0 Å². The molecule has 1 aromatic heterocycles. The Morgan fingerprint density at radius 2 is 1.74 bits per heavy atom. The summed E-state index contributed by atoms with van der Waals surface area (Å²) in [6.07, 6.45) is 5.63. The van der Waals surface area contributed by atoms with Crippen LogP contribution in [0.3, 0.4) is 0 Å². The Morgan fingerprint density at radius 1 is 1.03 bits per heavy atom. The topological polar surface area (TPSA) is 82.8 Å². The molecule has 0 bridgehead atoms. The van der Waals surface area contributed by atoms with Crippen LogP contribution in [-0.2, 0) is 4.79 Å². The Balaban J connectivity index is 1.61. The fraction of sp³-hybridized carbons (Fsp3) is 0.345. The maximum absolute atomic E-state index is 11.3. The number of nitrogens with zero attached hydrogens (tertiary/aromatic N) is 2. The van der Waals surface area contributed by atoms with Crippen molar-refractivity contribution in [2.24, 2.45) is 11.1 Å². The lowest BCUT2D eigenvalue weighted by Gasteiger charge is -2.27. The Morgan fingerprint density at radius 3 is 2.35 bits per heavy atom. The van der Waals surface area contributed by atoms with Crippen LogP contribution in [0, 0.1) is 19.8 Å². The van der Waals surface area contributed by atoms with E-state index in [2.05, 4.69) is 59.5 Å². The smallest absolute Gasteiger partial charge is 0.306 e. The van der Waals surface area contributed by atoms with Crippen molar-refractivity contribution in [2.75, 3.05) is 0 Å². The zero-order valence-corrected chi connectivity index (χ0v) is 19.8. The van der Waals surface area contributed by atoms with Crippen LogP contribution in [0.5, 0.6) is 0 Å². The number of pyridine rings is 1. The Bertz CT molecular complexity index is 1160. The number of rotatable bonds is 7. The van der Waals surface area contributed by atoms with Crippen molar-refractivity contribution in [3.05, 3.63) is 100 Å². The molecule has 1 aliphatic carbocycles. The van der Waals surface area contributed by atoms with Crippen LogP contribution in [-0.4, -0.2) is 27.0 Å². The van der Waals surface area contributed by atoms with Gasteiger partial charge in [-0.3, -0.25) is 9.78 Å². The standard InChI is InChI=1S/C29H32N2O3/c1-19-5-3-4-6-26(19)27(18-28(31-34)25-15-16-30-20(2)17-25)23-11-7-21(8-12-23)22-9-13-24(14-10-22)29(32)33/h3-8,11-12,15-17,22,24,27,34H,9-10,13-14,18H2,1-2H3,(H,32,33)/b31-28+/t22-,24-,27-/m1/s1. The molecule has 3 aromatic rings. The molecule has 1 saturated carbocycles. The molecule has 1 heterocycles. The van der Waals surface area contributed by atoms with Gasteiger partial charge in [0.25, 0.3) is 0 Å². The van der Waals surface area contributed by atoms with E-state index in [1.807, 2.05) is 25.1 Å². The number of carboxylic acids is 1. The highest BCUT2D eigenvalue weighted by Crippen LogP contribution is 2.37. The number of aliphatic carboxylic acids is 1. The molecule has 0 aliphatic heterocycles. The molecule has 0 amide bonds. The number of aromatic nitrogens is 1. The summed E-state index contributed by atoms with van der Waals surface area (Å²) < 4.78 is 0. The minimum Gasteiger partial charge on any atom is -0.481 e. The Hall–Kier alpha value is -3.47. The van der Waals surface area contributed by atoms with E-state index in [-0.39, 0.29) is 11.8 Å². The van der Waals surface area contributed by atoms with E-state index in [9.17, 15) is 15.1 Å². The van der Waals surface area contributed by atoms with E-state index in [0.717, 1.165) is 36.9 Å². The van der Waals surface area contributed by atoms with Gasteiger partial charge in [0.2, 0.25) is 0 Å². The number of hydrogen-bond acceptors (Lipinski definition) is 4. The summed E-state index contributed by atoms with van der Waals surface area (Å²) in [5.74, 6) is -0.414. The first-order valence-corrected chi connectivity index (χ1v) is 12.0. The predicted octanol–water partition coefficient (Wildman–Crippen LogP) is 6.46. The van der Waals surface area contributed by atoms with Gasteiger partial charge in [-0.2, -0.15) is 0 Å². The summed E-state index contributed by atoms with van der Waals surface area (Å²) in [6.45, 7) is 4.05. The summed E-state index contributed by atoms with van der Waals surface area (Å²) >= 11 is 0. The zero-order chi connectivity index (χ0) is 24.1. The molecule has 176 valence electrons. The summed E-state index contributed by atoms with van der Waals surface area (Å²) in [5.41, 5.74) is 7.25. The molecular weight excluding hydrogens is 424 g/mol. The molecule has 2 N–H and O–H groups in total. The van der Waals surface area contributed by atoms with Crippen molar-refractivity contribution in [1.29, 1.82) is 0 Å². The second-order valence-electron chi connectivity index (χ2n) is 9.40.